The van der Waals surface area contributed by atoms with E-state index < -0.39 is 0 Å². The molecule has 2 aromatic rings. The highest BCUT2D eigenvalue weighted by molar-refractivity contribution is 7.15. The predicted molar refractivity (Wildman–Crippen MR) is 105 cm³/mol. The van der Waals surface area contributed by atoms with Gasteiger partial charge < -0.3 is 5.32 Å². The first kappa shape index (κ1) is 18.6. The van der Waals surface area contributed by atoms with Crippen LogP contribution in [0.15, 0.2) is 24.4 Å². The third kappa shape index (κ3) is 5.42. The van der Waals surface area contributed by atoms with Crippen molar-refractivity contribution in [3.8, 4) is 0 Å². The largest absolute Gasteiger partial charge is 0.301 e. The number of rotatable bonds is 5. The Morgan fingerprint density at radius 1 is 1.36 bits per heavy atom. The monoisotopic (exact) mass is 397 g/mol. The molecule has 0 saturated carbocycles. The number of benzene rings is 1. The van der Waals surface area contributed by atoms with Crippen molar-refractivity contribution in [2.75, 3.05) is 25.0 Å². The third-order valence-electron chi connectivity index (χ3n) is 4.42. The number of anilines is 1. The molecular formula is C18H21Cl2N3OS. The minimum atomic E-state index is -0.0000200. The highest BCUT2D eigenvalue weighted by Crippen LogP contribution is 2.27. The maximum atomic E-state index is 12.2. The van der Waals surface area contributed by atoms with Crippen molar-refractivity contribution in [3.05, 3.63) is 44.9 Å². The van der Waals surface area contributed by atoms with Gasteiger partial charge in [0.25, 0.3) is 0 Å². The highest BCUT2D eigenvalue weighted by atomic mass is 35.5. The Labute approximate surface area is 162 Å². The number of amides is 1. The van der Waals surface area contributed by atoms with E-state index in [1.807, 2.05) is 12.1 Å². The lowest BCUT2D eigenvalue weighted by atomic mass is 9.99. The molecule has 0 unspecified atom stereocenters. The molecule has 7 heteroatoms. The normalized spacial score (nSPS) is 16.1. The number of hydrogen-bond donors (Lipinski definition) is 1. The van der Waals surface area contributed by atoms with Crippen LogP contribution in [-0.4, -0.2) is 35.4 Å². The van der Waals surface area contributed by atoms with Gasteiger partial charge in [0.1, 0.15) is 0 Å². The van der Waals surface area contributed by atoms with Crippen LogP contribution in [0, 0.1) is 5.92 Å². The van der Waals surface area contributed by atoms with Gasteiger partial charge in [0.15, 0.2) is 5.13 Å². The Kier molecular flexibility index (Phi) is 6.34. The molecule has 4 nitrogen and oxygen atoms in total. The summed E-state index contributed by atoms with van der Waals surface area (Å²) >= 11 is 13.6. The van der Waals surface area contributed by atoms with Gasteiger partial charge in [-0.25, -0.2) is 4.98 Å². The van der Waals surface area contributed by atoms with Crippen LogP contribution >= 0.6 is 34.5 Å². The summed E-state index contributed by atoms with van der Waals surface area (Å²) in [6.45, 7) is 4.69. The summed E-state index contributed by atoms with van der Waals surface area (Å²) in [5, 5.41) is 4.81. The van der Waals surface area contributed by atoms with Gasteiger partial charge in [-0.15, -0.1) is 11.3 Å². The van der Waals surface area contributed by atoms with Crippen molar-refractivity contribution in [1.82, 2.24) is 9.88 Å². The molecule has 1 aromatic heterocycles. The van der Waals surface area contributed by atoms with E-state index in [0.717, 1.165) is 42.3 Å². The molecule has 1 aliphatic rings. The maximum absolute atomic E-state index is 12.2. The van der Waals surface area contributed by atoms with Crippen LogP contribution in [0.2, 0.25) is 10.0 Å². The van der Waals surface area contributed by atoms with Gasteiger partial charge in [-0.05, 0) is 49.5 Å². The Morgan fingerprint density at radius 3 is 2.84 bits per heavy atom. The fourth-order valence-electron chi connectivity index (χ4n) is 2.88. The summed E-state index contributed by atoms with van der Waals surface area (Å²) < 4.78 is 0. The molecule has 1 N–H and O–H groups in total. The molecule has 3 rings (SSSR count). The molecule has 0 bridgehead atoms. The van der Waals surface area contributed by atoms with Crippen molar-refractivity contribution < 1.29 is 4.79 Å². The number of halogens is 2. The second-order valence-electron chi connectivity index (χ2n) is 6.55. The fraction of sp³-hybridized carbons (Fsp3) is 0.444. The molecule has 0 atom stereocenters. The molecule has 1 amide bonds. The standard InChI is InChI=1S/C18H21Cl2N3OS/c1-12-4-6-23(7-5-12)11-17(24)22-18-21-10-15(25-18)8-13-2-3-14(19)9-16(13)20/h2-3,9-10,12H,4-8,11H2,1H3,(H,21,22,24). The van der Waals surface area contributed by atoms with E-state index in [-0.39, 0.29) is 5.91 Å². The Bertz CT molecular complexity index is 742. The van der Waals surface area contributed by atoms with E-state index in [1.165, 1.54) is 11.3 Å². The second kappa shape index (κ2) is 8.49. The fourth-order valence-corrected chi connectivity index (χ4v) is 4.21. The second-order valence-corrected chi connectivity index (χ2v) is 8.51. The molecular weight excluding hydrogens is 377 g/mol. The van der Waals surface area contributed by atoms with Crippen molar-refractivity contribution in [2.24, 2.45) is 5.92 Å². The number of piperidine rings is 1. The number of carbonyl (C=O) groups is 1. The average Bonchev–Trinajstić information content (AvgIpc) is 2.99. The number of nitrogens with one attached hydrogen (secondary N) is 1. The molecule has 0 spiro atoms. The first-order valence-electron chi connectivity index (χ1n) is 8.40. The summed E-state index contributed by atoms with van der Waals surface area (Å²) in [6, 6.07) is 5.48. The van der Waals surface area contributed by atoms with Gasteiger partial charge in [-0.3, -0.25) is 9.69 Å². The van der Waals surface area contributed by atoms with Crippen LogP contribution in [-0.2, 0) is 11.2 Å². The van der Waals surface area contributed by atoms with Crippen molar-refractivity contribution in [1.29, 1.82) is 0 Å². The highest BCUT2D eigenvalue weighted by Gasteiger charge is 2.18. The number of aromatic nitrogens is 1. The summed E-state index contributed by atoms with van der Waals surface area (Å²) in [5.41, 5.74) is 0.995. The molecule has 0 aliphatic carbocycles. The SMILES string of the molecule is CC1CCN(CC(=O)Nc2ncc(Cc3ccc(Cl)cc3Cl)s2)CC1. The van der Waals surface area contributed by atoms with E-state index in [2.05, 4.69) is 22.1 Å². The first-order valence-corrected chi connectivity index (χ1v) is 9.97. The smallest absolute Gasteiger partial charge is 0.240 e. The van der Waals surface area contributed by atoms with Crippen LogP contribution in [0.4, 0.5) is 5.13 Å². The molecule has 0 radical (unpaired) electrons. The molecule has 1 aromatic carbocycles. The maximum Gasteiger partial charge on any atom is 0.240 e. The third-order valence-corrected chi connectivity index (χ3v) is 5.92. The number of hydrogen-bond acceptors (Lipinski definition) is 4. The number of carbonyl (C=O) groups excluding carboxylic acids is 1. The average molecular weight is 398 g/mol. The van der Waals surface area contributed by atoms with Crippen molar-refractivity contribution in [2.45, 2.75) is 26.2 Å². The lowest BCUT2D eigenvalue weighted by molar-refractivity contribution is -0.117. The zero-order chi connectivity index (χ0) is 17.8. The zero-order valence-electron chi connectivity index (χ0n) is 14.1. The van der Waals surface area contributed by atoms with E-state index in [1.54, 1.807) is 12.3 Å². The molecule has 25 heavy (non-hydrogen) atoms. The minimum Gasteiger partial charge on any atom is -0.301 e. The number of thiazole rings is 1. The van der Waals surface area contributed by atoms with Gasteiger partial charge in [0.05, 0.1) is 6.54 Å². The number of likely N-dealkylation sites (tertiary alicyclic amines) is 1. The number of nitrogens with zero attached hydrogens (tertiary/aromatic N) is 2. The van der Waals surface area contributed by atoms with Crippen LogP contribution in [0.1, 0.15) is 30.2 Å². The minimum absolute atomic E-state index is 0.0000200. The van der Waals surface area contributed by atoms with Crippen LogP contribution in [0.25, 0.3) is 0 Å². The van der Waals surface area contributed by atoms with Crippen molar-refractivity contribution in [3.63, 3.8) is 0 Å². The van der Waals surface area contributed by atoms with E-state index >= 15 is 0 Å². The molecule has 1 aliphatic heterocycles. The van der Waals surface area contributed by atoms with E-state index in [4.69, 9.17) is 23.2 Å². The van der Waals surface area contributed by atoms with Gasteiger partial charge in [0.2, 0.25) is 5.91 Å². The molecule has 2 heterocycles. The summed E-state index contributed by atoms with van der Waals surface area (Å²) in [7, 11) is 0. The lowest BCUT2D eigenvalue weighted by Crippen LogP contribution is -2.38. The first-order chi connectivity index (χ1) is 12.0. The zero-order valence-corrected chi connectivity index (χ0v) is 16.4. The topological polar surface area (TPSA) is 45.2 Å². The van der Waals surface area contributed by atoms with Crippen LogP contribution < -0.4 is 5.32 Å². The molecule has 1 fully saturated rings. The predicted octanol–water partition coefficient (Wildman–Crippen LogP) is 4.71. The Hall–Kier alpha value is -1.14. The van der Waals surface area contributed by atoms with Crippen molar-refractivity contribution >= 4 is 45.6 Å². The molecule has 1 saturated heterocycles. The van der Waals surface area contributed by atoms with Gasteiger partial charge in [-0.1, -0.05) is 36.2 Å². The molecule has 134 valence electrons. The van der Waals surface area contributed by atoms with E-state index in [0.29, 0.717) is 28.1 Å². The van der Waals surface area contributed by atoms with E-state index in [9.17, 15) is 4.79 Å². The Balaban J connectivity index is 1.53. The van der Waals surface area contributed by atoms with Crippen LogP contribution in [0.5, 0.6) is 0 Å². The van der Waals surface area contributed by atoms with Crippen LogP contribution in [0.3, 0.4) is 0 Å². The van der Waals surface area contributed by atoms with Gasteiger partial charge in [-0.2, -0.15) is 0 Å². The summed E-state index contributed by atoms with van der Waals surface area (Å²) in [4.78, 5) is 19.8. The lowest BCUT2D eigenvalue weighted by Gasteiger charge is -2.29. The summed E-state index contributed by atoms with van der Waals surface area (Å²) in [6.07, 6.45) is 4.79. The van der Waals surface area contributed by atoms with Gasteiger partial charge >= 0.3 is 0 Å². The van der Waals surface area contributed by atoms with Gasteiger partial charge in [0, 0.05) is 27.5 Å². The summed E-state index contributed by atoms with van der Waals surface area (Å²) in [5.74, 6) is 0.764. The Morgan fingerprint density at radius 2 is 2.12 bits per heavy atom. The quantitative estimate of drug-likeness (QED) is 0.793.